The van der Waals surface area contributed by atoms with Crippen LogP contribution in [0, 0.1) is 27.7 Å². The summed E-state index contributed by atoms with van der Waals surface area (Å²) in [5.41, 5.74) is 4.04. The van der Waals surface area contributed by atoms with Gasteiger partial charge in [-0.05, 0) is 56.5 Å². The van der Waals surface area contributed by atoms with E-state index < -0.39 is 17.0 Å². The van der Waals surface area contributed by atoms with Gasteiger partial charge in [0.15, 0.2) is 11.3 Å². The summed E-state index contributed by atoms with van der Waals surface area (Å²) in [5.74, 6) is -0.557. The fraction of sp³-hybridized carbons (Fsp3) is 0.273. The van der Waals surface area contributed by atoms with E-state index >= 15 is 0 Å². The number of carbonyl (C=O) groups is 1. The van der Waals surface area contributed by atoms with Gasteiger partial charge in [0.05, 0.1) is 23.6 Å². The number of amides is 1. The summed E-state index contributed by atoms with van der Waals surface area (Å²) in [6.07, 6.45) is 0. The molecule has 0 radical (unpaired) electrons. The second-order valence-electron chi connectivity index (χ2n) is 7.66. The molecule has 166 valence electrons. The molecular formula is C22H21ClF2N6O. The van der Waals surface area contributed by atoms with Crippen LogP contribution in [0.3, 0.4) is 0 Å². The van der Waals surface area contributed by atoms with E-state index in [4.69, 9.17) is 11.6 Å². The van der Waals surface area contributed by atoms with Crippen LogP contribution in [0.15, 0.2) is 36.4 Å². The van der Waals surface area contributed by atoms with Crippen LogP contribution in [0.4, 0.5) is 14.5 Å². The van der Waals surface area contributed by atoms with Gasteiger partial charge in [-0.25, -0.2) is 9.50 Å². The maximum Gasteiger partial charge on any atom is 0.364 e. The predicted octanol–water partition coefficient (Wildman–Crippen LogP) is 4.75. The molecular weight excluding hydrogens is 438 g/mol. The Morgan fingerprint density at radius 2 is 1.84 bits per heavy atom. The second-order valence-corrected chi connectivity index (χ2v) is 8.14. The molecule has 7 nitrogen and oxygen atoms in total. The average Bonchev–Trinajstić information content (AvgIpc) is 3.24. The van der Waals surface area contributed by atoms with Crippen LogP contribution in [-0.2, 0) is 11.9 Å². The molecule has 0 aliphatic carbocycles. The lowest BCUT2D eigenvalue weighted by atomic mass is 10.1. The van der Waals surface area contributed by atoms with E-state index in [0.717, 1.165) is 27.4 Å². The van der Waals surface area contributed by atoms with Gasteiger partial charge >= 0.3 is 5.38 Å². The van der Waals surface area contributed by atoms with Gasteiger partial charge in [0.1, 0.15) is 5.69 Å². The number of hydrogen-bond acceptors (Lipinski definition) is 4. The third kappa shape index (κ3) is 4.08. The van der Waals surface area contributed by atoms with Gasteiger partial charge in [0.2, 0.25) is 0 Å². The number of halogens is 3. The zero-order valence-corrected chi connectivity index (χ0v) is 18.7. The molecule has 0 spiro atoms. The fourth-order valence-electron chi connectivity index (χ4n) is 3.57. The molecule has 4 rings (SSSR count). The molecule has 0 fully saturated rings. The molecule has 3 heterocycles. The normalized spacial score (nSPS) is 11.8. The molecule has 1 N–H and O–H groups in total. The largest absolute Gasteiger partial charge is 0.364 e. The third-order valence-electron chi connectivity index (χ3n) is 5.28. The summed E-state index contributed by atoms with van der Waals surface area (Å²) in [6.45, 7) is 7.79. The van der Waals surface area contributed by atoms with Gasteiger partial charge < -0.3 is 5.32 Å². The van der Waals surface area contributed by atoms with Crippen molar-refractivity contribution in [3.05, 3.63) is 76.0 Å². The smallest absolute Gasteiger partial charge is 0.317 e. The van der Waals surface area contributed by atoms with Crippen LogP contribution >= 0.6 is 11.6 Å². The summed E-state index contributed by atoms with van der Waals surface area (Å²) in [7, 11) is 0. The molecule has 0 saturated heterocycles. The standard InChI is InChI=1S/C22H21ClF2N6O/c1-12-7-5-6-8-16(12)11-30-15(4)20(14(3)28-30)27-21(32)17-10-19-26-13(2)9-18(22(23,24)25)31(19)29-17/h5-10H,11H2,1-4H3,(H,27,32). The van der Waals surface area contributed by atoms with Crippen molar-refractivity contribution >= 4 is 28.8 Å². The topological polar surface area (TPSA) is 77.1 Å². The summed E-state index contributed by atoms with van der Waals surface area (Å²) in [4.78, 5) is 17.0. The molecule has 0 aliphatic heterocycles. The number of hydrogen-bond donors (Lipinski definition) is 1. The van der Waals surface area contributed by atoms with Crippen molar-refractivity contribution in [2.45, 2.75) is 39.6 Å². The molecule has 0 unspecified atom stereocenters. The number of rotatable bonds is 5. The molecule has 1 aromatic carbocycles. The highest BCUT2D eigenvalue weighted by molar-refractivity contribution is 6.21. The van der Waals surface area contributed by atoms with Gasteiger partial charge in [-0.1, -0.05) is 24.3 Å². The van der Waals surface area contributed by atoms with E-state index in [1.807, 2.05) is 42.8 Å². The minimum atomic E-state index is -3.66. The average molecular weight is 459 g/mol. The number of alkyl halides is 3. The van der Waals surface area contributed by atoms with Gasteiger partial charge in [0, 0.05) is 11.8 Å². The van der Waals surface area contributed by atoms with Crippen molar-refractivity contribution in [1.82, 2.24) is 24.4 Å². The first-order chi connectivity index (χ1) is 15.0. The Kier molecular flexibility index (Phi) is 5.46. The molecule has 0 atom stereocenters. The van der Waals surface area contributed by atoms with Gasteiger partial charge in [-0.2, -0.15) is 19.0 Å². The van der Waals surface area contributed by atoms with Gasteiger partial charge in [0.25, 0.3) is 5.91 Å². The van der Waals surface area contributed by atoms with Gasteiger partial charge in [-0.3, -0.25) is 9.48 Å². The Hall–Kier alpha value is -3.33. The minimum absolute atomic E-state index is 0.0595. The van der Waals surface area contributed by atoms with Crippen LogP contribution in [0.1, 0.15) is 44.4 Å². The first-order valence-corrected chi connectivity index (χ1v) is 10.3. The van der Waals surface area contributed by atoms with E-state index in [-0.39, 0.29) is 11.3 Å². The molecule has 32 heavy (non-hydrogen) atoms. The van der Waals surface area contributed by atoms with Crippen molar-refractivity contribution in [2.24, 2.45) is 0 Å². The number of aromatic nitrogens is 5. The highest BCUT2D eigenvalue weighted by Crippen LogP contribution is 2.32. The van der Waals surface area contributed by atoms with Crippen LogP contribution in [0.2, 0.25) is 0 Å². The van der Waals surface area contributed by atoms with Crippen molar-refractivity contribution in [3.63, 3.8) is 0 Å². The molecule has 3 aromatic heterocycles. The second kappa shape index (κ2) is 7.98. The Balaban J connectivity index is 1.64. The molecule has 0 bridgehead atoms. The van der Waals surface area contributed by atoms with Crippen LogP contribution in [-0.4, -0.2) is 30.3 Å². The maximum atomic E-state index is 13.8. The molecule has 10 heteroatoms. The summed E-state index contributed by atoms with van der Waals surface area (Å²) < 4.78 is 30.3. The lowest BCUT2D eigenvalue weighted by Gasteiger charge is -2.10. The zero-order valence-electron chi connectivity index (χ0n) is 17.9. The summed E-state index contributed by atoms with van der Waals surface area (Å²) in [6, 6.07) is 10.5. The Morgan fingerprint density at radius 1 is 1.12 bits per heavy atom. The Bertz CT molecular complexity index is 1340. The lowest BCUT2D eigenvalue weighted by molar-refractivity contribution is 0.0868. The summed E-state index contributed by atoms with van der Waals surface area (Å²) in [5, 5.41) is 7.70. The van der Waals surface area contributed by atoms with Crippen molar-refractivity contribution < 1.29 is 13.6 Å². The lowest BCUT2D eigenvalue weighted by Crippen LogP contribution is -2.16. The Morgan fingerprint density at radius 3 is 2.53 bits per heavy atom. The van der Waals surface area contributed by atoms with Crippen molar-refractivity contribution in [1.29, 1.82) is 0 Å². The van der Waals surface area contributed by atoms with E-state index in [0.29, 0.717) is 23.6 Å². The zero-order chi connectivity index (χ0) is 23.2. The number of nitrogens with one attached hydrogen (secondary N) is 1. The number of carbonyl (C=O) groups excluding carboxylic acids is 1. The number of benzene rings is 1. The SMILES string of the molecule is Cc1cc(C(F)(F)Cl)n2nc(C(=O)Nc3c(C)nn(Cc4ccccc4C)c3C)cc2n1. The first kappa shape index (κ1) is 21.9. The minimum Gasteiger partial charge on any atom is -0.317 e. The first-order valence-electron chi connectivity index (χ1n) is 9.89. The quantitative estimate of drug-likeness (QED) is 0.438. The van der Waals surface area contributed by atoms with E-state index in [9.17, 15) is 13.6 Å². The number of fused-ring (bicyclic) bond motifs is 1. The van der Waals surface area contributed by atoms with Crippen LogP contribution in [0.25, 0.3) is 5.65 Å². The predicted molar refractivity (Wildman–Crippen MR) is 117 cm³/mol. The molecule has 1 amide bonds. The van der Waals surface area contributed by atoms with Crippen molar-refractivity contribution in [3.8, 4) is 0 Å². The van der Waals surface area contributed by atoms with E-state index in [1.54, 1.807) is 13.8 Å². The number of nitrogens with zero attached hydrogens (tertiary/aromatic N) is 5. The molecule has 0 aliphatic rings. The molecule has 0 saturated carbocycles. The van der Waals surface area contributed by atoms with Crippen LogP contribution in [0.5, 0.6) is 0 Å². The highest BCUT2D eigenvalue weighted by atomic mass is 35.5. The number of anilines is 1. The van der Waals surface area contributed by atoms with Crippen LogP contribution < -0.4 is 5.32 Å². The number of aryl methyl sites for hydroxylation is 3. The monoisotopic (exact) mass is 458 g/mol. The van der Waals surface area contributed by atoms with E-state index in [2.05, 4.69) is 20.5 Å². The Labute approximate surface area is 188 Å². The third-order valence-corrected chi connectivity index (χ3v) is 5.47. The van der Waals surface area contributed by atoms with Gasteiger partial charge in [-0.15, -0.1) is 0 Å². The summed E-state index contributed by atoms with van der Waals surface area (Å²) >= 11 is 5.22. The molecule has 4 aromatic rings. The van der Waals surface area contributed by atoms with Crippen molar-refractivity contribution in [2.75, 3.05) is 5.32 Å². The maximum absolute atomic E-state index is 13.8. The fourth-order valence-corrected chi connectivity index (χ4v) is 3.71. The highest BCUT2D eigenvalue weighted by Gasteiger charge is 2.33. The van der Waals surface area contributed by atoms with E-state index in [1.165, 1.54) is 6.07 Å².